The molecule has 1 saturated heterocycles. The zero-order chi connectivity index (χ0) is 16.4. The van der Waals surface area contributed by atoms with E-state index in [4.69, 9.17) is 16.3 Å². The van der Waals surface area contributed by atoms with Crippen LogP contribution < -0.4 is 10.6 Å². The second-order valence-corrected chi connectivity index (χ2v) is 6.04. The summed E-state index contributed by atoms with van der Waals surface area (Å²) < 4.78 is 7.01. The molecule has 1 amide bonds. The number of methoxy groups -OCH3 is 1. The van der Waals surface area contributed by atoms with Gasteiger partial charge in [-0.1, -0.05) is 17.7 Å². The molecule has 2 N–H and O–H groups in total. The van der Waals surface area contributed by atoms with Crippen LogP contribution in [0, 0.1) is 6.92 Å². The van der Waals surface area contributed by atoms with Crippen LogP contribution in [-0.2, 0) is 9.53 Å². The van der Waals surface area contributed by atoms with Gasteiger partial charge in [-0.2, -0.15) is 0 Å². The van der Waals surface area contributed by atoms with Gasteiger partial charge in [0.1, 0.15) is 0 Å². The van der Waals surface area contributed by atoms with Gasteiger partial charge in [0, 0.05) is 30.4 Å². The Balaban J connectivity index is 1.72. The zero-order valence-corrected chi connectivity index (χ0v) is 13.8. The third-order valence-corrected chi connectivity index (χ3v) is 4.17. The third kappa shape index (κ3) is 3.55. The van der Waals surface area contributed by atoms with Crippen LogP contribution in [-0.4, -0.2) is 41.5 Å². The van der Waals surface area contributed by atoms with Crippen molar-refractivity contribution in [2.75, 3.05) is 19.0 Å². The molecule has 0 radical (unpaired) electrons. The molecule has 122 valence electrons. The first-order chi connectivity index (χ1) is 11.1. The Hall–Kier alpha value is -1.89. The number of aryl methyl sites for hydroxylation is 1. The molecule has 0 aliphatic carbocycles. The van der Waals surface area contributed by atoms with E-state index in [2.05, 4.69) is 15.7 Å². The predicted octanol–water partition coefficient (Wildman–Crippen LogP) is 2.15. The monoisotopic (exact) mass is 334 g/mol. The fourth-order valence-electron chi connectivity index (χ4n) is 2.70. The lowest BCUT2D eigenvalue weighted by atomic mass is 10.2. The van der Waals surface area contributed by atoms with E-state index in [1.165, 1.54) is 0 Å². The average molecular weight is 335 g/mol. The van der Waals surface area contributed by atoms with Gasteiger partial charge in [0.25, 0.3) is 0 Å². The molecule has 6 nitrogen and oxygen atoms in total. The number of ether oxygens (including phenoxy) is 1. The van der Waals surface area contributed by atoms with Crippen LogP contribution in [0.2, 0.25) is 5.02 Å². The summed E-state index contributed by atoms with van der Waals surface area (Å²) in [5.74, 6) is 0.426. The smallest absolute Gasteiger partial charge is 0.242 e. The summed E-state index contributed by atoms with van der Waals surface area (Å²) >= 11 is 6.02. The van der Waals surface area contributed by atoms with Crippen molar-refractivity contribution >= 4 is 23.3 Å². The maximum absolute atomic E-state index is 12.3. The summed E-state index contributed by atoms with van der Waals surface area (Å²) in [7, 11) is 1.66. The van der Waals surface area contributed by atoms with E-state index in [9.17, 15) is 4.79 Å². The molecule has 2 aromatic rings. The van der Waals surface area contributed by atoms with Crippen molar-refractivity contribution in [3.05, 3.63) is 41.0 Å². The number of anilines is 1. The van der Waals surface area contributed by atoms with Crippen molar-refractivity contribution < 1.29 is 9.53 Å². The average Bonchev–Trinajstić information content (AvgIpc) is 3.14. The number of carbonyl (C=O) groups excluding carboxylic acids is 1. The Kier molecular flexibility index (Phi) is 4.66. The zero-order valence-electron chi connectivity index (χ0n) is 13.0. The molecule has 1 aromatic carbocycles. The second-order valence-electron chi connectivity index (χ2n) is 5.61. The fourth-order valence-corrected chi connectivity index (χ4v) is 2.89. The number of rotatable bonds is 4. The maximum Gasteiger partial charge on any atom is 0.242 e. The van der Waals surface area contributed by atoms with E-state index in [-0.39, 0.29) is 18.1 Å². The largest absolute Gasteiger partial charge is 0.380 e. The molecule has 23 heavy (non-hydrogen) atoms. The Morgan fingerprint density at radius 2 is 2.30 bits per heavy atom. The lowest BCUT2D eigenvalue weighted by Crippen LogP contribution is -2.35. The standard InChI is InChI=1S/C16H19ClN4O2/c1-10-6-15(19-16(22)14-8-13(23-2)9-18-14)20-21(10)12-5-3-4-11(17)7-12/h3-7,13-14,18H,8-9H2,1-2H3,(H,19,20,22)/t13-,14+/m0/s1. The van der Waals surface area contributed by atoms with Gasteiger partial charge >= 0.3 is 0 Å². The van der Waals surface area contributed by atoms with Crippen molar-refractivity contribution in [3.63, 3.8) is 0 Å². The molecule has 2 atom stereocenters. The number of benzene rings is 1. The van der Waals surface area contributed by atoms with Crippen LogP contribution >= 0.6 is 11.6 Å². The van der Waals surface area contributed by atoms with Crippen LogP contribution in [0.25, 0.3) is 5.69 Å². The number of halogens is 1. The third-order valence-electron chi connectivity index (χ3n) is 3.93. The van der Waals surface area contributed by atoms with Crippen molar-refractivity contribution in [2.45, 2.75) is 25.5 Å². The van der Waals surface area contributed by atoms with E-state index in [1.54, 1.807) is 11.8 Å². The van der Waals surface area contributed by atoms with Gasteiger partial charge in [-0.3, -0.25) is 4.79 Å². The number of hydrogen-bond donors (Lipinski definition) is 2. The van der Waals surface area contributed by atoms with E-state index >= 15 is 0 Å². The van der Waals surface area contributed by atoms with Gasteiger partial charge in [0.05, 0.1) is 17.8 Å². The molecule has 0 spiro atoms. The van der Waals surface area contributed by atoms with Crippen molar-refractivity contribution in [1.29, 1.82) is 0 Å². The van der Waals surface area contributed by atoms with Gasteiger partial charge in [0.15, 0.2) is 5.82 Å². The number of carbonyl (C=O) groups is 1. The maximum atomic E-state index is 12.3. The summed E-state index contributed by atoms with van der Waals surface area (Å²) in [6, 6.07) is 9.00. The van der Waals surface area contributed by atoms with E-state index in [1.807, 2.05) is 37.3 Å². The molecular formula is C16H19ClN4O2. The van der Waals surface area contributed by atoms with Crippen LogP contribution in [0.15, 0.2) is 30.3 Å². The van der Waals surface area contributed by atoms with Crippen molar-refractivity contribution in [3.8, 4) is 5.69 Å². The molecule has 7 heteroatoms. The van der Waals surface area contributed by atoms with Gasteiger partial charge in [-0.15, -0.1) is 5.10 Å². The Bertz CT molecular complexity index is 716. The van der Waals surface area contributed by atoms with Crippen LogP contribution in [0.5, 0.6) is 0 Å². The quantitative estimate of drug-likeness (QED) is 0.899. The first-order valence-corrected chi connectivity index (χ1v) is 7.84. The van der Waals surface area contributed by atoms with Crippen molar-refractivity contribution in [2.24, 2.45) is 0 Å². The molecule has 0 saturated carbocycles. The van der Waals surface area contributed by atoms with Crippen LogP contribution in [0.3, 0.4) is 0 Å². The molecule has 0 bridgehead atoms. The summed E-state index contributed by atoms with van der Waals surface area (Å²) in [6.07, 6.45) is 0.743. The predicted molar refractivity (Wildman–Crippen MR) is 89.1 cm³/mol. The lowest BCUT2D eigenvalue weighted by Gasteiger charge is -2.09. The fraction of sp³-hybridized carbons (Fsp3) is 0.375. The summed E-state index contributed by atoms with van der Waals surface area (Å²) in [4.78, 5) is 12.3. The Morgan fingerprint density at radius 3 is 3.00 bits per heavy atom. The molecule has 1 aromatic heterocycles. The van der Waals surface area contributed by atoms with Gasteiger partial charge in [-0.25, -0.2) is 4.68 Å². The van der Waals surface area contributed by atoms with Gasteiger partial charge < -0.3 is 15.4 Å². The highest BCUT2D eigenvalue weighted by atomic mass is 35.5. The lowest BCUT2D eigenvalue weighted by molar-refractivity contribution is -0.118. The minimum Gasteiger partial charge on any atom is -0.380 e. The molecule has 1 fully saturated rings. The summed E-state index contributed by atoms with van der Waals surface area (Å²) in [6.45, 7) is 2.61. The van der Waals surface area contributed by atoms with E-state index in [0.717, 1.165) is 11.4 Å². The minimum absolute atomic E-state index is 0.0801. The number of hydrogen-bond acceptors (Lipinski definition) is 4. The Labute approximate surface area is 139 Å². The van der Waals surface area contributed by atoms with Gasteiger partial charge in [0.2, 0.25) is 5.91 Å². The SMILES string of the molecule is CO[C@@H]1CN[C@@H](C(=O)Nc2cc(C)n(-c3cccc(Cl)c3)n2)C1. The van der Waals surface area contributed by atoms with Crippen molar-refractivity contribution in [1.82, 2.24) is 15.1 Å². The molecule has 1 aliphatic rings. The van der Waals surface area contributed by atoms with E-state index < -0.39 is 0 Å². The highest BCUT2D eigenvalue weighted by molar-refractivity contribution is 6.30. The number of aromatic nitrogens is 2. The first kappa shape index (κ1) is 16.0. The highest BCUT2D eigenvalue weighted by Gasteiger charge is 2.29. The number of amides is 1. The second kappa shape index (κ2) is 6.70. The number of nitrogens with one attached hydrogen (secondary N) is 2. The van der Waals surface area contributed by atoms with Gasteiger partial charge in [-0.05, 0) is 31.5 Å². The molecule has 1 aliphatic heterocycles. The Morgan fingerprint density at radius 1 is 1.48 bits per heavy atom. The minimum atomic E-state index is -0.253. The number of nitrogens with zero attached hydrogens (tertiary/aromatic N) is 2. The topological polar surface area (TPSA) is 68.2 Å². The van der Waals surface area contributed by atoms with Crippen LogP contribution in [0.1, 0.15) is 12.1 Å². The molecule has 0 unspecified atom stereocenters. The normalized spacial score (nSPS) is 20.7. The van der Waals surface area contributed by atoms with E-state index in [0.29, 0.717) is 23.8 Å². The summed E-state index contributed by atoms with van der Waals surface area (Å²) in [5, 5.41) is 11.1. The molecule has 2 heterocycles. The summed E-state index contributed by atoms with van der Waals surface area (Å²) in [5.41, 5.74) is 1.77. The van der Waals surface area contributed by atoms with Crippen LogP contribution in [0.4, 0.5) is 5.82 Å². The first-order valence-electron chi connectivity index (χ1n) is 7.46. The molecular weight excluding hydrogens is 316 g/mol. The highest BCUT2D eigenvalue weighted by Crippen LogP contribution is 2.19. The molecule has 3 rings (SSSR count).